The summed E-state index contributed by atoms with van der Waals surface area (Å²) in [5.74, 6) is 0. The van der Waals surface area contributed by atoms with Crippen molar-refractivity contribution in [1.82, 2.24) is 5.32 Å². The van der Waals surface area contributed by atoms with Gasteiger partial charge in [-0.25, -0.2) is 0 Å². The van der Waals surface area contributed by atoms with Crippen LogP contribution in [0.3, 0.4) is 0 Å². The quantitative estimate of drug-likeness (QED) is 0.835. The molecule has 2 fully saturated rings. The first-order chi connectivity index (χ1) is 8.31. The van der Waals surface area contributed by atoms with Gasteiger partial charge in [0.2, 0.25) is 0 Å². The predicted octanol–water partition coefficient (Wildman–Crippen LogP) is 3.21. The Kier molecular flexibility index (Phi) is 5.64. The van der Waals surface area contributed by atoms with Gasteiger partial charge >= 0.3 is 0 Å². The van der Waals surface area contributed by atoms with E-state index < -0.39 is 0 Å². The van der Waals surface area contributed by atoms with Crippen LogP contribution in [-0.4, -0.2) is 36.8 Å². The van der Waals surface area contributed by atoms with Crippen LogP contribution < -0.4 is 5.32 Å². The van der Waals surface area contributed by atoms with E-state index in [1.54, 1.807) is 0 Å². The van der Waals surface area contributed by atoms with E-state index in [1.165, 1.54) is 51.4 Å². The van der Waals surface area contributed by atoms with Gasteiger partial charge < -0.3 is 10.1 Å². The topological polar surface area (TPSA) is 21.3 Å². The highest BCUT2D eigenvalue weighted by molar-refractivity contribution is 7.99. The summed E-state index contributed by atoms with van der Waals surface area (Å²) < 4.78 is 5.43. The van der Waals surface area contributed by atoms with Crippen LogP contribution >= 0.6 is 11.8 Å². The zero-order chi connectivity index (χ0) is 12.1. The highest BCUT2D eigenvalue weighted by atomic mass is 32.2. The molecule has 2 saturated carbocycles. The molecular weight excluding hydrogens is 230 g/mol. The third kappa shape index (κ3) is 4.15. The number of thioether (sulfide) groups is 1. The summed E-state index contributed by atoms with van der Waals surface area (Å²) in [6.07, 6.45) is 13.5. The average Bonchev–Trinajstić information content (AvgIpc) is 2.40. The van der Waals surface area contributed by atoms with E-state index in [4.69, 9.17) is 4.74 Å². The van der Waals surface area contributed by atoms with Crippen LogP contribution in [-0.2, 0) is 4.74 Å². The Hall–Kier alpha value is 0.270. The molecule has 2 aliphatic carbocycles. The van der Waals surface area contributed by atoms with Gasteiger partial charge in [-0.3, -0.25) is 0 Å². The number of hydrogen-bond donors (Lipinski definition) is 1. The van der Waals surface area contributed by atoms with Crippen LogP contribution in [0.2, 0.25) is 0 Å². The molecule has 0 unspecified atom stereocenters. The molecule has 0 aliphatic heterocycles. The number of methoxy groups -OCH3 is 1. The standard InChI is InChI=1S/C14H27NOS/c1-16-13-7-3-11(4-8-13)15-12-5-9-14(17-2)10-6-12/h11-15H,3-10H2,1-2H3. The third-order valence-corrected chi connectivity index (χ3v) is 5.62. The van der Waals surface area contributed by atoms with Crippen LogP contribution in [0.25, 0.3) is 0 Å². The number of rotatable bonds is 4. The summed E-state index contributed by atoms with van der Waals surface area (Å²) in [7, 11) is 1.85. The largest absolute Gasteiger partial charge is 0.381 e. The first-order valence-electron chi connectivity index (χ1n) is 7.13. The maximum absolute atomic E-state index is 5.43. The van der Waals surface area contributed by atoms with Gasteiger partial charge in [0.05, 0.1) is 6.10 Å². The van der Waals surface area contributed by atoms with E-state index in [0.717, 1.165) is 17.3 Å². The molecule has 2 rings (SSSR count). The SMILES string of the molecule is COC1CCC(NC2CCC(SC)CC2)CC1. The van der Waals surface area contributed by atoms with Crippen molar-refractivity contribution in [3.63, 3.8) is 0 Å². The smallest absolute Gasteiger partial charge is 0.0572 e. The van der Waals surface area contributed by atoms with Gasteiger partial charge in [0.1, 0.15) is 0 Å². The first-order valence-corrected chi connectivity index (χ1v) is 8.42. The lowest BCUT2D eigenvalue weighted by atomic mass is 9.89. The van der Waals surface area contributed by atoms with Crippen LogP contribution in [0.4, 0.5) is 0 Å². The van der Waals surface area contributed by atoms with E-state index >= 15 is 0 Å². The molecule has 0 radical (unpaired) electrons. The maximum Gasteiger partial charge on any atom is 0.0572 e. The van der Waals surface area contributed by atoms with Gasteiger partial charge in [-0.15, -0.1) is 0 Å². The van der Waals surface area contributed by atoms with Crippen molar-refractivity contribution in [2.75, 3.05) is 13.4 Å². The number of ether oxygens (including phenoxy) is 1. The molecule has 100 valence electrons. The van der Waals surface area contributed by atoms with Gasteiger partial charge in [0.25, 0.3) is 0 Å². The molecule has 0 aromatic heterocycles. The highest BCUT2D eigenvalue weighted by Crippen LogP contribution is 2.28. The fraction of sp³-hybridized carbons (Fsp3) is 1.00. The van der Waals surface area contributed by atoms with E-state index in [1.807, 2.05) is 7.11 Å². The van der Waals surface area contributed by atoms with Crippen LogP contribution in [0.1, 0.15) is 51.4 Å². The molecule has 2 nitrogen and oxygen atoms in total. The van der Waals surface area contributed by atoms with E-state index in [9.17, 15) is 0 Å². The molecule has 0 aromatic carbocycles. The molecule has 17 heavy (non-hydrogen) atoms. The molecule has 0 spiro atoms. The van der Waals surface area contributed by atoms with Crippen LogP contribution in [0.5, 0.6) is 0 Å². The van der Waals surface area contributed by atoms with Crippen LogP contribution in [0, 0.1) is 0 Å². The van der Waals surface area contributed by atoms with Gasteiger partial charge in [-0.1, -0.05) is 0 Å². The van der Waals surface area contributed by atoms with Gasteiger partial charge in [0, 0.05) is 24.4 Å². The molecule has 0 atom stereocenters. The zero-order valence-electron chi connectivity index (χ0n) is 11.3. The van der Waals surface area contributed by atoms with Crippen molar-refractivity contribution in [3.05, 3.63) is 0 Å². The van der Waals surface area contributed by atoms with E-state index in [-0.39, 0.29) is 0 Å². The summed E-state index contributed by atoms with van der Waals surface area (Å²) in [6, 6.07) is 1.56. The lowest BCUT2D eigenvalue weighted by Crippen LogP contribution is -2.43. The number of hydrogen-bond acceptors (Lipinski definition) is 3. The van der Waals surface area contributed by atoms with Crippen molar-refractivity contribution in [2.45, 2.75) is 74.8 Å². The molecule has 0 amide bonds. The second-order valence-electron chi connectivity index (χ2n) is 5.59. The molecule has 0 bridgehead atoms. The van der Waals surface area contributed by atoms with Gasteiger partial charge in [-0.2, -0.15) is 11.8 Å². The molecule has 0 aromatic rings. The van der Waals surface area contributed by atoms with Crippen molar-refractivity contribution >= 4 is 11.8 Å². The molecule has 0 saturated heterocycles. The Labute approximate surface area is 110 Å². The Morgan fingerprint density at radius 3 is 1.88 bits per heavy atom. The highest BCUT2D eigenvalue weighted by Gasteiger charge is 2.25. The van der Waals surface area contributed by atoms with Crippen molar-refractivity contribution in [3.8, 4) is 0 Å². The Bertz CT molecular complexity index is 186. The zero-order valence-corrected chi connectivity index (χ0v) is 12.1. The van der Waals surface area contributed by atoms with Crippen LogP contribution in [0.15, 0.2) is 0 Å². The summed E-state index contributed by atoms with van der Waals surface area (Å²) >= 11 is 2.05. The summed E-state index contributed by atoms with van der Waals surface area (Å²) in [4.78, 5) is 0. The molecule has 3 heteroatoms. The fourth-order valence-electron chi connectivity index (χ4n) is 3.26. The fourth-order valence-corrected chi connectivity index (χ4v) is 4.01. The van der Waals surface area contributed by atoms with Gasteiger partial charge in [0.15, 0.2) is 0 Å². The lowest BCUT2D eigenvalue weighted by Gasteiger charge is -2.34. The van der Waals surface area contributed by atoms with Crippen molar-refractivity contribution < 1.29 is 4.74 Å². The normalized spacial score (nSPS) is 39.2. The number of nitrogens with one attached hydrogen (secondary N) is 1. The maximum atomic E-state index is 5.43. The molecular formula is C14H27NOS. The monoisotopic (exact) mass is 257 g/mol. The lowest BCUT2D eigenvalue weighted by molar-refractivity contribution is 0.0604. The molecule has 2 aliphatic rings. The second-order valence-corrected chi connectivity index (χ2v) is 6.72. The minimum atomic E-state index is 0.528. The Balaban J connectivity index is 1.65. The minimum absolute atomic E-state index is 0.528. The van der Waals surface area contributed by atoms with Gasteiger partial charge in [-0.05, 0) is 57.6 Å². The Morgan fingerprint density at radius 2 is 1.41 bits per heavy atom. The first kappa shape index (κ1) is 13.7. The van der Waals surface area contributed by atoms with Crippen molar-refractivity contribution in [1.29, 1.82) is 0 Å². The summed E-state index contributed by atoms with van der Waals surface area (Å²) in [6.45, 7) is 0. The minimum Gasteiger partial charge on any atom is -0.381 e. The molecule has 1 N–H and O–H groups in total. The third-order valence-electron chi connectivity index (χ3n) is 4.49. The van der Waals surface area contributed by atoms with E-state index in [2.05, 4.69) is 23.3 Å². The van der Waals surface area contributed by atoms with Crippen molar-refractivity contribution in [2.24, 2.45) is 0 Å². The van der Waals surface area contributed by atoms with E-state index in [0.29, 0.717) is 6.10 Å². The molecule has 0 heterocycles. The second kappa shape index (κ2) is 7.01. The summed E-state index contributed by atoms with van der Waals surface area (Å²) in [5.41, 5.74) is 0. The average molecular weight is 257 g/mol. The predicted molar refractivity (Wildman–Crippen MR) is 75.7 cm³/mol. The Morgan fingerprint density at radius 1 is 0.882 bits per heavy atom. The summed E-state index contributed by atoms with van der Waals surface area (Å²) in [5, 5.41) is 4.81.